The average Bonchev–Trinajstić information content (AvgIpc) is 1.59. The Labute approximate surface area is 557 Å². The number of carbonyl (C=O) groups is 1. The summed E-state index contributed by atoms with van der Waals surface area (Å²) < 4.78 is 113. The maximum atomic E-state index is 13.5. The molecule has 6 heterocycles. The molecule has 0 amide bonds. The van der Waals surface area contributed by atoms with Crippen molar-refractivity contribution in [3.8, 4) is 0 Å². The lowest BCUT2D eigenvalue weighted by Crippen LogP contribution is -2.78. The second-order valence-electron chi connectivity index (χ2n) is 28.8. The zero-order valence-corrected chi connectivity index (χ0v) is 57.7. The summed E-state index contributed by atoms with van der Waals surface area (Å²) in [7, 11) is 7.74. The number of hydrogen-bond acceptors (Lipinski definition) is 28. The molecule has 0 radical (unpaired) electrons. The van der Waals surface area contributed by atoms with Crippen LogP contribution >= 0.6 is 0 Å². The van der Waals surface area contributed by atoms with Crippen LogP contribution in [0, 0.1) is 16.7 Å². The SMILES string of the molecule is CC=C(C)C(=O)OC1CC2C3(C)CCC(OC4CC(OC)C(OC5CC(OC)C(OC6CC(OC)C(OC7CC(OC)C(OC8OC(C)C(OC9OC(CO)C(O)C(O)C9O)C(OC)C8O)C(C)O7)C(C)O6)C(C)O5)C(C)O4)CC3=CCC2(O)C2(O)CCC(O)(C(C)O)C12C. The van der Waals surface area contributed by atoms with Crippen LogP contribution in [-0.2, 0) is 90.1 Å². The minimum absolute atomic E-state index is 0.00780. The van der Waals surface area contributed by atoms with Crippen molar-refractivity contribution in [2.24, 2.45) is 16.7 Å². The summed E-state index contributed by atoms with van der Waals surface area (Å²) >= 11 is 0. The first-order valence-corrected chi connectivity index (χ1v) is 34.1. The highest BCUT2D eigenvalue weighted by Crippen LogP contribution is 2.71. The van der Waals surface area contributed by atoms with Gasteiger partial charge in [0.2, 0.25) is 0 Å². The molecule has 0 spiro atoms. The Balaban J connectivity index is 0.702. The fourth-order valence-corrected chi connectivity index (χ4v) is 17.8. The summed E-state index contributed by atoms with van der Waals surface area (Å²) in [5, 5.41) is 102. The number of esters is 1. The Morgan fingerprint density at radius 2 is 1.05 bits per heavy atom. The second-order valence-corrected chi connectivity index (χ2v) is 28.8. The topological polar surface area (TPSA) is 365 Å². The number of aliphatic hydroxyl groups is 9. The Kier molecular flexibility index (Phi) is 23.9. The second kappa shape index (κ2) is 30.1. The van der Waals surface area contributed by atoms with Gasteiger partial charge in [0.15, 0.2) is 37.7 Å². The van der Waals surface area contributed by atoms with Crippen LogP contribution in [0.15, 0.2) is 23.3 Å². The number of rotatable bonds is 21. The van der Waals surface area contributed by atoms with Gasteiger partial charge in [0.05, 0.1) is 79.2 Å². The summed E-state index contributed by atoms with van der Waals surface area (Å²) in [4.78, 5) is 13.5. The fourth-order valence-electron chi connectivity index (χ4n) is 17.8. The number of aliphatic hydroxyl groups excluding tert-OH is 6. The van der Waals surface area contributed by atoms with Crippen molar-refractivity contribution in [3.05, 3.63) is 23.3 Å². The summed E-state index contributed by atoms with van der Waals surface area (Å²) in [5.41, 5.74) is -6.23. The molecule has 6 saturated heterocycles. The molecule has 0 bridgehead atoms. The van der Waals surface area contributed by atoms with E-state index in [2.05, 4.69) is 6.92 Å². The molecule has 0 aromatic carbocycles. The van der Waals surface area contributed by atoms with Crippen LogP contribution in [0.4, 0.5) is 0 Å². The molecule has 35 unspecified atom stereocenters. The van der Waals surface area contributed by atoms with Gasteiger partial charge in [-0.05, 0) is 106 Å². The molecule has 28 heteroatoms. The average molecular weight is 1360 g/mol. The van der Waals surface area contributed by atoms with Gasteiger partial charge in [-0.2, -0.15) is 0 Å². The van der Waals surface area contributed by atoms with Crippen molar-refractivity contribution in [3.63, 3.8) is 0 Å². The van der Waals surface area contributed by atoms with E-state index in [1.54, 1.807) is 62.0 Å². The monoisotopic (exact) mass is 1360 g/mol. The number of fused-ring (bicyclic) bond motifs is 5. The summed E-state index contributed by atoms with van der Waals surface area (Å²) in [5.74, 6) is -1.14. The quantitative estimate of drug-likeness (QED) is 0.0448. The molecular weight excluding hydrogens is 1250 g/mol. The van der Waals surface area contributed by atoms with Gasteiger partial charge in [0.25, 0.3) is 0 Å². The van der Waals surface area contributed by atoms with E-state index in [0.717, 1.165) is 5.57 Å². The third kappa shape index (κ3) is 13.8. The molecule has 95 heavy (non-hydrogen) atoms. The number of carbonyl (C=O) groups excluding carboxylic acids is 1. The van der Waals surface area contributed by atoms with Gasteiger partial charge < -0.3 is 131 Å². The van der Waals surface area contributed by atoms with Crippen LogP contribution < -0.4 is 0 Å². The molecule has 4 aliphatic carbocycles. The van der Waals surface area contributed by atoms with Gasteiger partial charge in [-0.1, -0.05) is 31.6 Å². The maximum absolute atomic E-state index is 13.5. The first-order chi connectivity index (χ1) is 44.9. The fraction of sp³-hybridized carbons (Fsp3) is 0.925. The van der Waals surface area contributed by atoms with Crippen molar-refractivity contribution in [1.29, 1.82) is 0 Å². The van der Waals surface area contributed by atoms with Gasteiger partial charge in [-0.3, -0.25) is 0 Å². The van der Waals surface area contributed by atoms with Gasteiger partial charge in [0, 0.05) is 72.7 Å². The third-order valence-electron chi connectivity index (χ3n) is 23.7. The molecule has 546 valence electrons. The van der Waals surface area contributed by atoms with Crippen molar-refractivity contribution >= 4 is 5.97 Å². The lowest BCUT2D eigenvalue weighted by atomic mass is 9.42. The van der Waals surface area contributed by atoms with E-state index in [1.807, 2.05) is 26.8 Å². The van der Waals surface area contributed by atoms with E-state index in [-0.39, 0.29) is 38.2 Å². The molecule has 9 fully saturated rings. The number of ether oxygens (including phenoxy) is 18. The van der Waals surface area contributed by atoms with Crippen LogP contribution in [-0.4, -0.2) is 289 Å². The predicted octanol–water partition coefficient (Wildman–Crippen LogP) is 1.61. The predicted molar refractivity (Wildman–Crippen MR) is 329 cm³/mol. The van der Waals surface area contributed by atoms with Crippen molar-refractivity contribution < 1.29 is 136 Å². The van der Waals surface area contributed by atoms with Crippen LogP contribution in [0.5, 0.6) is 0 Å². The van der Waals surface area contributed by atoms with Crippen molar-refractivity contribution in [1.82, 2.24) is 0 Å². The number of allylic oxidation sites excluding steroid dienone is 1. The Morgan fingerprint density at radius 1 is 0.589 bits per heavy atom. The zero-order valence-electron chi connectivity index (χ0n) is 57.7. The van der Waals surface area contributed by atoms with Gasteiger partial charge in [-0.15, -0.1) is 0 Å². The number of hydrogen-bond donors (Lipinski definition) is 9. The van der Waals surface area contributed by atoms with E-state index in [1.165, 1.54) is 21.1 Å². The first kappa shape index (κ1) is 75.6. The normalized spacial score (nSPS) is 51.6. The van der Waals surface area contributed by atoms with Crippen molar-refractivity contribution in [2.75, 3.05) is 42.2 Å². The van der Waals surface area contributed by atoms with Gasteiger partial charge in [-0.25, -0.2) is 4.79 Å². The highest BCUT2D eigenvalue weighted by atomic mass is 16.8. The standard InChI is InChI=1S/C67H110O28/c1-16-30(2)60(74)90-45-28-44-63(9)19-18-38(23-37(63)17-20-66(44,76)67(77)22-21-65(75,36(8)69)64(45,67)10)88-46-24-39(78-11)54(31(3)83-46)91-47-25-40(79-12)55(32(4)84-47)92-48-26-41(80-13)56(33(5)85-48)93-49-27-42(81-14)57(34(6)86-49)94-62-53(73)59(82-15)58(35(7)87-62)95-61-52(72)51(71)50(70)43(29-68)89-61/h16-17,31-36,38-59,61-62,68-73,75-77H,18-29H2,1-15H3. The molecule has 0 aromatic rings. The smallest absolute Gasteiger partial charge is 0.333 e. The molecule has 28 nitrogen and oxygen atoms in total. The summed E-state index contributed by atoms with van der Waals surface area (Å²) in [6, 6.07) is 0. The number of methoxy groups -OCH3 is 5. The minimum atomic E-state index is -1.91. The van der Waals surface area contributed by atoms with E-state index in [9.17, 15) is 50.8 Å². The molecule has 10 aliphatic rings. The van der Waals surface area contributed by atoms with Crippen LogP contribution in [0.3, 0.4) is 0 Å². The highest BCUT2D eigenvalue weighted by molar-refractivity contribution is 5.87. The molecule has 0 aromatic heterocycles. The molecular formula is C67H110O28. The van der Waals surface area contributed by atoms with Gasteiger partial charge in [0.1, 0.15) is 90.1 Å². The maximum Gasteiger partial charge on any atom is 0.333 e. The molecule has 6 aliphatic heterocycles. The third-order valence-corrected chi connectivity index (χ3v) is 23.7. The summed E-state index contributed by atoms with van der Waals surface area (Å²) in [6.45, 7) is 17.1. The zero-order chi connectivity index (χ0) is 69.2. The van der Waals surface area contributed by atoms with Crippen LogP contribution in [0.2, 0.25) is 0 Å². The Morgan fingerprint density at radius 3 is 1.52 bits per heavy atom. The lowest BCUT2D eigenvalue weighted by Gasteiger charge is -2.67. The molecule has 10 rings (SSSR count). The molecule has 35 atom stereocenters. The molecule has 3 saturated carbocycles. The Hall–Kier alpha value is -2.09. The van der Waals surface area contributed by atoms with Crippen LogP contribution in [0.1, 0.15) is 140 Å². The van der Waals surface area contributed by atoms with Crippen molar-refractivity contribution in [2.45, 2.75) is 335 Å². The highest BCUT2D eigenvalue weighted by Gasteiger charge is 2.81. The van der Waals surface area contributed by atoms with E-state index in [4.69, 9.17) is 85.3 Å². The van der Waals surface area contributed by atoms with E-state index < -0.39 is 218 Å². The van der Waals surface area contributed by atoms with E-state index >= 15 is 0 Å². The first-order valence-electron chi connectivity index (χ1n) is 34.1. The largest absolute Gasteiger partial charge is 0.458 e. The minimum Gasteiger partial charge on any atom is -0.458 e. The molecule has 9 N–H and O–H groups in total. The van der Waals surface area contributed by atoms with Crippen LogP contribution in [0.25, 0.3) is 0 Å². The van der Waals surface area contributed by atoms with E-state index in [0.29, 0.717) is 44.1 Å². The Bertz CT molecular complexity index is 2620. The van der Waals surface area contributed by atoms with Gasteiger partial charge >= 0.3 is 5.97 Å². The lowest BCUT2D eigenvalue weighted by molar-refractivity contribution is -0.374. The summed E-state index contributed by atoms with van der Waals surface area (Å²) in [6.07, 6.45) is -18.6.